The molecule has 0 unspecified atom stereocenters. The molecule has 2 aromatic heterocycles. The fourth-order valence-corrected chi connectivity index (χ4v) is 4.24. The lowest BCUT2D eigenvalue weighted by Crippen LogP contribution is -2.35. The van der Waals surface area contributed by atoms with Crippen LogP contribution in [0.25, 0.3) is 21.8 Å². The predicted molar refractivity (Wildman–Crippen MR) is 133 cm³/mol. The molecule has 0 saturated heterocycles. The first-order chi connectivity index (χ1) is 16.6. The SMILES string of the molecule is O=C(NCCc1c[nH]c2ccccc12)c1ccc2c(=O)n(CCc3ccccc3)c(=O)[nH]c2c1. The summed E-state index contributed by atoms with van der Waals surface area (Å²) >= 11 is 0. The van der Waals surface area contributed by atoms with Crippen LogP contribution in [0.2, 0.25) is 0 Å². The number of benzene rings is 3. The first-order valence-corrected chi connectivity index (χ1v) is 11.2. The quantitative estimate of drug-likeness (QED) is 0.353. The van der Waals surface area contributed by atoms with E-state index in [1.165, 1.54) is 4.57 Å². The Kier molecular flexibility index (Phi) is 5.82. The van der Waals surface area contributed by atoms with Gasteiger partial charge in [-0.3, -0.25) is 14.2 Å². The number of hydrogen-bond donors (Lipinski definition) is 3. The molecular weight excluding hydrogens is 428 g/mol. The molecule has 2 heterocycles. The predicted octanol–water partition coefficient (Wildman–Crippen LogP) is 3.39. The summed E-state index contributed by atoms with van der Waals surface area (Å²) in [5.41, 5.74) is 3.16. The van der Waals surface area contributed by atoms with E-state index in [-0.39, 0.29) is 18.0 Å². The third-order valence-corrected chi connectivity index (χ3v) is 6.07. The Labute approximate surface area is 195 Å². The molecule has 0 radical (unpaired) electrons. The van der Waals surface area contributed by atoms with Crippen LogP contribution in [0.3, 0.4) is 0 Å². The van der Waals surface area contributed by atoms with E-state index in [9.17, 15) is 14.4 Å². The number of nitrogens with zero attached hydrogens (tertiary/aromatic N) is 1. The largest absolute Gasteiger partial charge is 0.361 e. The van der Waals surface area contributed by atoms with Gasteiger partial charge >= 0.3 is 5.69 Å². The molecule has 7 nitrogen and oxygen atoms in total. The van der Waals surface area contributed by atoms with Gasteiger partial charge in [0, 0.05) is 35.8 Å². The highest BCUT2D eigenvalue weighted by Gasteiger charge is 2.12. The van der Waals surface area contributed by atoms with Crippen LogP contribution in [0.5, 0.6) is 0 Å². The first-order valence-electron chi connectivity index (χ1n) is 11.2. The van der Waals surface area contributed by atoms with Crippen molar-refractivity contribution >= 4 is 27.7 Å². The summed E-state index contributed by atoms with van der Waals surface area (Å²) in [6, 6.07) is 22.5. The number of carbonyl (C=O) groups is 1. The summed E-state index contributed by atoms with van der Waals surface area (Å²) < 4.78 is 1.20. The number of aryl methyl sites for hydroxylation is 1. The molecule has 0 fully saturated rings. The van der Waals surface area contributed by atoms with Crippen molar-refractivity contribution in [3.8, 4) is 0 Å². The molecule has 0 atom stereocenters. The van der Waals surface area contributed by atoms with Crippen molar-refractivity contribution in [3.05, 3.63) is 117 Å². The van der Waals surface area contributed by atoms with Crippen molar-refractivity contribution < 1.29 is 4.79 Å². The number of aromatic amines is 2. The van der Waals surface area contributed by atoms with Gasteiger partial charge in [-0.1, -0.05) is 48.5 Å². The Hall–Kier alpha value is -4.39. The highest BCUT2D eigenvalue weighted by Crippen LogP contribution is 2.18. The summed E-state index contributed by atoms with van der Waals surface area (Å²) in [6.07, 6.45) is 3.22. The molecule has 170 valence electrons. The summed E-state index contributed by atoms with van der Waals surface area (Å²) in [5, 5.41) is 4.44. The average Bonchev–Trinajstić information content (AvgIpc) is 3.27. The van der Waals surface area contributed by atoms with E-state index in [0.29, 0.717) is 35.9 Å². The molecule has 7 heteroatoms. The zero-order valence-corrected chi connectivity index (χ0v) is 18.5. The molecule has 3 aromatic carbocycles. The second-order valence-electron chi connectivity index (χ2n) is 8.25. The van der Waals surface area contributed by atoms with E-state index in [0.717, 1.165) is 22.0 Å². The van der Waals surface area contributed by atoms with Gasteiger partial charge in [-0.05, 0) is 48.2 Å². The van der Waals surface area contributed by atoms with Crippen molar-refractivity contribution in [2.75, 3.05) is 6.54 Å². The number of carbonyl (C=O) groups excluding carboxylic acids is 1. The summed E-state index contributed by atoms with van der Waals surface area (Å²) in [7, 11) is 0. The lowest BCUT2D eigenvalue weighted by Gasteiger charge is -2.09. The van der Waals surface area contributed by atoms with Crippen LogP contribution in [0.1, 0.15) is 21.5 Å². The second kappa shape index (κ2) is 9.23. The third-order valence-electron chi connectivity index (χ3n) is 6.07. The van der Waals surface area contributed by atoms with Gasteiger partial charge in [0.25, 0.3) is 11.5 Å². The van der Waals surface area contributed by atoms with Crippen LogP contribution in [-0.2, 0) is 19.4 Å². The number of aromatic nitrogens is 3. The van der Waals surface area contributed by atoms with Gasteiger partial charge in [0.1, 0.15) is 0 Å². The summed E-state index contributed by atoms with van der Waals surface area (Å²) in [4.78, 5) is 44.1. The fourth-order valence-electron chi connectivity index (χ4n) is 4.24. The third kappa shape index (κ3) is 4.28. The minimum absolute atomic E-state index is 0.254. The molecule has 1 amide bonds. The van der Waals surface area contributed by atoms with Gasteiger partial charge in [0.05, 0.1) is 10.9 Å². The van der Waals surface area contributed by atoms with Gasteiger partial charge in [0.15, 0.2) is 0 Å². The Bertz CT molecular complexity index is 1600. The number of H-pyrrole nitrogens is 2. The molecule has 0 aliphatic rings. The van der Waals surface area contributed by atoms with Crippen molar-refractivity contribution in [3.63, 3.8) is 0 Å². The molecule has 34 heavy (non-hydrogen) atoms. The fraction of sp³-hybridized carbons (Fsp3) is 0.148. The van der Waals surface area contributed by atoms with Crippen LogP contribution in [0.4, 0.5) is 0 Å². The van der Waals surface area contributed by atoms with Crippen molar-refractivity contribution in [1.29, 1.82) is 0 Å². The highest BCUT2D eigenvalue weighted by molar-refractivity contribution is 5.97. The molecule has 5 rings (SSSR count). The number of para-hydroxylation sites is 1. The summed E-state index contributed by atoms with van der Waals surface area (Å²) in [5.74, 6) is -0.254. The van der Waals surface area contributed by atoms with Gasteiger partial charge in [0.2, 0.25) is 0 Å². The number of hydrogen-bond acceptors (Lipinski definition) is 3. The lowest BCUT2D eigenvalue weighted by molar-refractivity contribution is 0.0954. The van der Waals surface area contributed by atoms with Crippen molar-refractivity contribution in [2.45, 2.75) is 19.4 Å². The standard InChI is InChI=1S/C27H24N4O3/c32-25(28-14-12-20-17-29-23-9-5-4-8-21(20)23)19-10-11-22-24(16-19)30-27(34)31(26(22)33)15-13-18-6-2-1-3-7-18/h1-11,16-17,29H,12-15H2,(H,28,32)(H,30,34). The minimum atomic E-state index is -0.481. The molecule has 0 aliphatic carbocycles. The van der Waals surface area contributed by atoms with Gasteiger partial charge in [-0.15, -0.1) is 0 Å². The zero-order valence-electron chi connectivity index (χ0n) is 18.5. The number of fused-ring (bicyclic) bond motifs is 2. The Morgan fingerprint density at radius 2 is 1.65 bits per heavy atom. The monoisotopic (exact) mass is 452 g/mol. The maximum absolute atomic E-state index is 12.9. The molecule has 0 aliphatic heterocycles. The van der Waals surface area contributed by atoms with Crippen LogP contribution in [-0.4, -0.2) is 27.0 Å². The van der Waals surface area contributed by atoms with Crippen LogP contribution in [0, 0.1) is 0 Å². The topological polar surface area (TPSA) is 99.8 Å². The molecule has 0 spiro atoms. The van der Waals surface area contributed by atoms with E-state index in [1.807, 2.05) is 54.7 Å². The summed E-state index contributed by atoms with van der Waals surface area (Å²) in [6.45, 7) is 0.751. The molecular formula is C27H24N4O3. The van der Waals surface area contributed by atoms with E-state index >= 15 is 0 Å². The van der Waals surface area contributed by atoms with Crippen LogP contribution >= 0.6 is 0 Å². The smallest absolute Gasteiger partial charge is 0.328 e. The normalized spacial score (nSPS) is 11.2. The van der Waals surface area contributed by atoms with Gasteiger partial charge in [-0.2, -0.15) is 0 Å². The van der Waals surface area contributed by atoms with E-state index in [2.05, 4.69) is 21.4 Å². The molecule has 3 N–H and O–H groups in total. The lowest BCUT2D eigenvalue weighted by atomic mass is 10.1. The van der Waals surface area contributed by atoms with E-state index < -0.39 is 5.69 Å². The van der Waals surface area contributed by atoms with Crippen LogP contribution in [0.15, 0.2) is 88.6 Å². The molecule has 0 bridgehead atoms. The Morgan fingerprint density at radius 1 is 0.853 bits per heavy atom. The molecule has 5 aromatic rings. The van der Waals surface area contributed by atoms with Crippen LogP contribution < -0.4 is 16.6 Å². The number of nitrogens with one attached hydrogen (secondary N) is 3. The van der Waals surface area contributed by atoms with Crippen molar-refractivity contribution in [2.24, 2.45) is 0 Å². The number of amides is 1. The first kappa shape index (κ1) is 21.5. The minimum Gasteiger partial charge on any atom is -0.361 e. The molecule has 0 saturated carbocycles. The van der Waals surface area contributed by atoms with Gasteiger partial charge in [-0.25, -0.2) is 4.79 Å². The maximum atomic E-state index is 12.9. The Balaban J connectivity index is 1.29. The van der Waals surface area contributed by atoms with E-state index in [4.69, 9.17) is 0 Å². The highest BCUT2D eigenvalue weighted by atomic mass is 16.2. The number of rotatable bonds is 7. The van der Waals surface area contributed by atoms with E-state index in [1.54, 1.807) is 18.2 Å². The zero-order chi connectivity index (χ0) is 23.5. The second-order valence-corrected chi connectivity index (χ2v) is 8.25. The van der Waals surface area contributed by atoms with Crippen molar-refractivity contribution in [1.82, 2.24) is 19.9 Å². The van der Waals surface area contributed by atoms with Gasteiger partial charge < -0.3 is 15.3 Å². The Morgan fingerprint density at radius 3 is 2.50 bits per heavy atom. The average molecular weight is 453 g/mol. The maximum Gasteiger partial charge on any atom is 0.328 e.